The number of amides is 1. The van der Waals surface area contributed by atoms with Crippen molar-refractivity contribution in [1.82, 2.24) is 4.90 Å². The maximum atomic E-state index is 12.4. The average Bonchev–Trinajstić information content (AvgIpc) is 2.49. The Labute approximate surface area is 121 Å². The van der Waals surface area contributed by atoms with E-state index in [-0.39, 0.29) is 43.2 Å². The number of hydrazine groups is 1. The summed E-state index contributed by atoms with van der Waals surface area (Å²) in [7, 11) is 1.49. The third-order valence-electron chi connectivity index (χ3n) is 2.84. The number of nitro groups is 1. The van der Waals surface area contributed by atoms with E-state index >= 15 is 0 Å². The molecule has 21 heavy (non-hydrogen) atoms. The van der Waals surface area contributed by atoms with Gasteiger partial charge in [-0.2, -0.15) is 0 Å². The predicted octanol–water partition coefficient (Wildman–Crippen LogP) is -0.0387. The lowest BCUT2D eigenvalue weighted by Gasteiger charge is -2.22. The van der Waals surface area contributed by atoms with Crippen LogP contribution in [-0.2, 0) is 4.74 Å². The Morgan fingerprint density at radius 2 is 2.24 bits per heavy atom. The first-order chi connectivity index (χ1) is 10.1. The number of anilines is 1. The summed E-state index contributed by atoms with van der Waals surface area (Å²) in [6, 6.07) is 4.08. The van der Waals surface area contributed by atoms with Crippen LogP contribution in [0.25, 0.3) is 0 Å². The fraction of sp³-hybridized carbons (Fsp3) is 0.417. The number of ether oxygens (including phenoxy) is 1. The molecule has 0 saturated carbocycles. The second kappa shape index (κ2) is 8.15. The summed E-state index contributed by atoms with van der Waals surface area (Å²) in [6.45, 7) is 0.402. The second-order valence-corrected chi connectivity index (χ2v) is 4.11. The summed E-state index contributed by atoms with van der Waals surface area (Å²) in [4.78, 5) is 24.1. The summed E-state index contributed by atoms with van der Waals surface area (Å²) >= 11 is 0. The van der Waals surface area contributed by atoms with Crippen LogP contribution in [0, 0.1) is 10.1 Å². The minimum absolute atomic E-state index is 0.0622. The maximum absolute atomic E-state index is 12.4. The topological polar surface area (TPSA) is 131 Å². The number of aliphatic hydroxyl groups excluding tert-OH is 1. The molecule has 0 aromatic heterocycles. The molecule has 0 fully saturated rings. The molecule has 4 N–H and O–H groups in total. The molecule has 1 aromatic carbocycles. The number of carbonyl (C=O) groups excluding carboxylic acids is 1. The van der Waals surface area contributed by atoms with Crippen molar-refractivity contribution in [2.45, 2.75) is 0 Å². The number of nitrogens with one attached hydrogen (secondary N) is 1. The zero-order chi connectivity index (χ0) is 15.8. The third kappa shape index (κ3) is 4.12. The number of nitrogens with two attached hydrogens (primary N) is 1. The molecule has 0 saturated heterocycles. The lowest BCUT2D eigenvalue weighted by Crippen LogP contribution is -2.36. The molecule has 0 aliphatic heterocycles. The lowest BCUT2D eigenvalue weighted by molar-refractivity contribution is -0.384. The Balaban J connectivity index is 3.14. The number of nitrogens with zero attached hydrogens (tertiary/aromatic N) is 2. The van der Waals surface area contributed by atoms with Crippen LogP contribution in [0.1, 0.15) is 10.4 Å². The van der Waals surface area contributed by atoms with Crippen molar-refractivity contribution in [3.63, 3.8) is 0 Å². The van der Waals surface area contributed by atoms with Crippen LogP contribution in [0.3, 0.4) is 0 Å². The van der Waals surface area contributed by atoms with Gasteiger partial charge in [0, 0.05) is 26.3 Å². The van der Waals surface area contributed by atoms with E-state index in [1.807, 2.05) is 0 Å². The van der Waals surface area contributed by atoms with Crippen LogP contribution in [0.15, 0.2) is 18.2 Å². The molecule has 1 rings (SSSR count). The van der Waals surface area contributed by atoms with Gasteiger partial charge >= 0.3 is 0 Å². The van der Waals surface area contributed by atoms with Gasteiger partial charge < -0.3 is 20.2 Å². The molecule has 0 atom stereocenters. The standard InChI is InChI=1S/C12H18N4O5/c1-21-8-6-15(5-7-17)12(18)9-3-2-4-10(16(19)20)11(9)14-13/h2-4,14,17H,5-8,13H2,1H3. The average molecular weight is 298 g/mol. The first-order valence-electron chi connectivity index (χ1n) is 6.19. The van der Waals surface area contributed by atoms with Crippen molar-refractivity contribution in [3.05, 3.63) is 33.9 Å². The van der Waals surface area contributed by atoms with Crippen molar-refractivity contribution in [1.29, 1.82) is 0 Å². The third-order valence-corrected chi connectivity index (χ3v) is 2.84. The van der Waals surface area contributed by atoms with E-state index in [9.17, 15) is 14.9 Å². The van der Waals surface area contributed by atoms with Gasteiger partial charge in [0.25, 0.3) is 11.6 Å². The van der Waals surface area contributed by atoms with Crippen LogP contribution in [0.4, 0.5) is 11.4 Å². The smallest absolute Gasteiger partial charge is 0.294 e. The molecule has 0 heterocycles. The van der Waals surface area contributed by atoms with Gasteiger partial charge in [0.15, 0.2) is 0 Å². The van der Waals surface area contributed by atoms with Crippen LogP contribution in [-0.4, -0.2) is 54.3 Å². The van der Waals surface area contributed by atoms with Crippen LogP contribution < -0.4 is 11.3 Å². The largest absolute Gasteiger partial charge is 0.395 e. The first kappa shape index (κ1) is 16.8. The Morgan fingerprint density at radius 3 is 2.76 bits per heavy atom. The zero-order valence-corrected chi connectivity index (χ0v) is 11.6. The molecule has 9 nitrogen and oxygen atoms in total. The monoisotopic (exact) mass is 298 g/mol. The highest BCUT2D eigenvalue weighted by atomic mass is 16.6. The number of hydrogen-bond acceptors (Lipinski definition) is 7. The normalized spacial score (nSPS) is 10.2. The van der Waals surface area contributed by atoms with Gasteiger partial charge in [0.1, 0.15) is 5.69 Å². The van der Waals surface area contributed by atoms with Crippen molar-refractivity contribution in [2.75, 3.05) is 38.8 Å². The molecule has 0 aliphatic carbocycles. The van der Waals surface area contributed by atoms with E-state index in [4.69, 9.17) is 15.7 Å². The summed E-state index contributed by atoms with van der Waals surface area (Å²) in [6.07, 6.45) is 0. The van der Waals surface area contributed by atoms with Gasteiger partial charge in [0.2, 0.25) is 0 Å². The summed E-state index contributed by atoms with van der Waals surface area (Å²) in [5, 5.41) is 20.0. The van der Waals surface area contributed by atoms with Crippen molar-refractivity contribution >= 4 is 17.3 Å². The number of hydrogen-bond donors (Lipinski definition) is 3. The highest BCUT2D eigenvalue weighted by molar-refractivity contribution is 6.01. The van der Waals surface area contributed by atoms with Gasteiger partial charge in [-0.3, -0.25) is 20.8 Å². The highest BCUT2D eigenvalue weighted by Gasteiger charge is 2.24. The Kier molecular flexibility index (Phi) is 6.53. The molecule has 9 heteroatoms. The van der Waals surface area contributed by atoms with E-state index < -0.39 is 10.8 Å². The number of nitro benzene ring substituents is 1. The van der Waals surface area contributed by atoms with Crippen molar-refractivity contribution < 1.29 is 19.6 Å². The van der Waals surface area contributed by atoms with Gasteiger partial charge in [-0.25, -0.2) is 0 Å². The van der Waals surface area contributed by atoms with Crippen LogP contribution >= 0.6 is 0 Å². The van der Waals surface area contributed by atoms with E-state index in [0.29, 0.717) is 0 Å². The molecule has 0 radical (unpaired) electrons. The van der Waals surface area contributed by atoms with Gasteiger partial charge in [-0.15, -0.1) is 0 Å². The molecule has 116 valence electrons. The molecule has 0 bridgehead atoms. The quantitative estimate of drug-likeness (QED) is 0.348. The molecule has 0 unspecified atom stereocenters. The summed E-state index contributed by atoms with van der Waals surface area (Å²) in [5.74, 6) is 4.83. The van der Waals surface area contributed by atoms with Crippen LogP contribution in [0.2, 0.25) is 0 Å². The summed E-state index contributed by atoms with van der Waals surface area (Å²) in [5.41, 5.74) is 1.91. The van der Waals surface area contributed by atoms with E-state index in [0.717, 1.165) is 0 Å². The Hall–Kier alpha value is -2.23. The molecule has 1 aromatic rings. The fourth-order valence-electron chi connectivity index (χ4n) is 1.83. The van der Waals surface area contributed by atoms with Crippen molar-refractivity contribution in [2.24, 2.45) is 5.84 Å². The molecule has 0 aliphatic rings. The molecule has 0 spiro atoms. The molecular weight excluding hydrogens is 280 g/mol. The summed E-state index contributed by atoms with van der Waals surface area (Å²) < 4.78 is 4.90. The fourth-order valence-corrected chi connectivity index (χ4v) is 1.83. The minimum atomic E-state index is -0.627. The number of benzene rings is 1. The van der Waals surface area contributed by atoms with Gasteiger partial charge in [0.05, 0.1) is 23.7 Å². The first-order valence-corrected chi connectivity index (χ1v) is 6.19. The number of carbonyl (C=O) groups is 1. The highest BCUT2D eigenvalue weighted by Crippen LogP contribution is 2.28. The Morgan fingerprint density at radius 1 is 1.52 bits per heavy atom. The van der Waals surface area contributed by atoms with Crippen LogP contribution in [0.5, 0.6) is 0 Å². The van der Waals surface area contributed by atoms with Gasteiger partial charge in [-0.1, -0.05) is 6.07 Å². The number of para-hydroxylation sites is 1. The number of aliphatic hydroxyl groups is 1. The number of rotatable bonds is 8. The number of methoxy groups -OCH3 is 1. The van der Waals surface area contributed by atoms with E-state index in [1.165, 1.54) is 30.2 Å². The SMILES string of the molecule is COCCN(CCO)C(=O)c1cccc([N+](=O)[O-])c1NN. The van der Waals surface area contributed by atoms with E-state index in [1.54, 1.807) is 0 Å². The number of nitrogen functional groups attached to an aromatic ring is 1. The maximum Gasteiger partial charge on any atom is 0.294 e. The Bertz CT molecular complexity index is 508. The second-order valence-electron chi connectivity index (χ2n) is 4.11. The molecular formula is C12H18N4O5. The predicted molar refractivity (Wildman–Crippen MR) is 75.8 cm³/mol. The lowest BCUT2D eigenvalue weighted by atomic mass is 10.1. The molecule has 1 amide bonds. The minimum Gasteiger partial charge on any atom is -0.395 e. The van der Waals surface area contributed by atoms with E-state index in [2.05, 4.69) is 5.43 Å². The van der Waals surface area contributed by atoms with Gasteiger partial charge in [-0.05, 0) is 6.07 Å². The zero-order valence-electron chi connectivity index (χ0n) is 11.6. The van der Waals surface area contributed by atoms with Crippen molar-refractivity contribution in [3.8, 4) is 0 Å².